The lowest BCUT2D eigenvalue weighted by Crippen LogP contribution is -2.27. The average Bonchev–Trinajstić information content (AvgIpc) is 1.92. The quantitative estimate of drug-likeness (QED) is 0.530. The van der Waals surface area contributed by atoms with Gasteiger partial charge in [0, 0.05) is 0 Å². The zero-order chi connectivity index (χ0) is 8.20. The molecule has 0 aromatic heterocycles. The lowest BCUT2D eigenvalue weighted by Gasteiger charge is -2.22. The van der Waals surface area contributed by atoms with Crippen molar-refractivity contribution in [2.75, 3.05) is 0 Å². The summed E-state index contributed by atoms with van der Waals surface area (Å²) in [4.78, 5) is 0. The molecule has 0 rings (SSSR count). The average molecular weight is 143 g/mol. The lowest BCUT2D eigenvalue weighted by molar-refractivity contribution is 1.20. The van der Waals surface area contributed by atoms with Crippen LogP contribution in [0.1, 0.15) is 22.1 Å². The van der Waals surface area contributed by atoms with Gasteiger partial charge in [-0.3, -0.25) is 0 Å². The summed E-state index contributed by atoms with van der Waals surface area (Å²) in [5, 5.41) is 0. The van der Waals surface area contributed by atoms with Gasteiger partial charge in [0.05, 0.1) is 9.44 Å². The van der Waals surface area contributed by atoms with Crippen LogP contribution in [0.2, 0.25) is 18.1 Å². The van der Waals surface area contributed by atoms with Gasteiger partial charge in [-0.1, -0.05) is 38.9 Å². The minimum absolute atomic E-state index is 0.736. The molecular weight excluding hydrogens is 124 g/mol. The zero-order valence-electron chi connectivity index (χ0n) is 7.83. The van der Waals surface area contributed by atoms with E-state index >= 15 is 0 Å². The van der Waals surface area contributed by atoms with E-state index in [1.54, 1.807) is 0 Å². The Morgan fingerprint density at radius 2 is 1.67 bits per heavy atom. The van der Waals surface area contributed by atoms with Crippen LogP contribution in [0.25, 0.3) is 0 Å². The van der Waals surface area contributed by atoms with Crippen LogP contribution < -0.4 is 0 Å². The van der Waals surface area contributed by atoms with Crippen LogP contribution in [0.5, 0.6) is 0 Å². The van der Waals surface area contributed by atoms with Crippen molar-refractivity contribution in [3.05, 3.63) is 12.3 Å². The van der Waals surface area contributed by atoms with Crippen LogP contribution in [0.4, 0.5) is 0 Å². The molecule has 9 heavy (non-hydrogen) atoms. The van der Waals surface area contributed by atoms with Gasteiger partial charge in [0.1, 0.15) is 0 Å². The minimum atomic E-state index is -1.32. The van der Waals surface area contributed by atoms with Gasteiger partial charge in [-0.25, -0.2) is 0 Å². The maximum Gasteiger partial charge on any atom is 0.0762 e. The first-order valence-electron chi connectivity index (χ1n) is 4.29. The molecule has 0 radical (unpaired) electrons. The van der Waals surface area contributed by atoms with E-state index in [-0.39, 0.29) is 0 Å². The summed E-state index contributed by atoms with van der Waals surface area (Å²) < 4.78 is 7.55. The van der Waals surface area contributed by atoms with E-state index in [1.165, 1.54) is 18.1 Å². The Balaban J connectivity index is 4.31. The highest BCUT2D eigenvalue weighted by Crippen LogP contribution is 2.20. The standard InChI is InChI=1S/C8H18Si/c1-5-9(6-2,7-3)8-4/h5H,1,6-8H2,2-4H3/i5D. The number of rotatable bonds is 4. The summed E-state index contributed by atoms with van der Waals surface area (Å²) in [7, 11) is -1.32. The summed E-state index contributed by atoms with van der Waals surface area (Å²) in [6.45, 7) is 10.3. The Labute approximate surface area is 61.4 Å². The molecular formula is C8H18Si. The third kappa shape index (κ3) is 1.97. The first-order chi connectivity index (χ1) is 4.63. The van der Waals surface area contributed by atoms with E-state index in [4.69, 9.17) is 1.37 Å². The van der Waals surface area contributed by atoms with Gasteiger partial charge in [0.15, 0.2) is 0 Å². The van der Waals surface area contributed by atoms with E-state index in [0.717, 1.165) is 5.68 Å². The van der Waals surface area contributed by atoms with E-state index in [2.05, 4.69) is 27.4 Å². The topological polar surface area (TPSA) is 0 Å². The van der Waals surface area contributed by atoms with Crippen molar-refractivity contribution >= 4 is 8.07 Å². The molecule has 0 aliphatic carbocycles. The van der Waals surface area contributed by atoms with Crippen molar-refractivity contribution in [1.29, 1.82) is 0 Å². The molecule has 0 aliphatic rings. The summed E-state index contributed by atoms with van der Waals surface area (Å²) in [5.74, 6) is 0. The molecule has 0 N–H and O–H groups in total. The van der Waals surface area contributed by atoms with Crippen LogP contribution in [0, 0.1) is 0 Å². The van der Waals surface area contributed by atoms with Crippen molar-refractivity contribution < 1.29 is 1.37 Å². The zero-order valence-corrected chi connectivity index (χ0v) is 7.83. The SMILES string of the molecule is [2H]C(=C)[Si](CC)(CC)CC. The third-order valence-electron chi connectivity index (χ3n) is 2.41. The molecule has 0 unspecified atom stereocenters. The molecule has 0 fully saturated rings. The van der Waals surface area contributed by atoms with Crippen molar-refractivity contribution in [3.63, 3.8) is 0 Å². The third-order valence-corrected chi connectivity index (χ3v) is 7.22. The molecule has 0 saturated heterocycles. The van der Waals surface area contributed by atoms with Gasteiger partial charge < -0.3 is 0 Å². The molecule has 0 aromatic rings. The molecule has 0 aliphatic heterocycles. The maximum atomic E-state index is 7.55. The normalized spacial score (nSPS) is 13.0. The maximum absolute atomic E-state index is 7.55. The summed E-state index contributed by atoms with van der Waals surface area (Å²) in [6, 6.07) is 3.55. The van der Waals surface area contributed by atoms with E-state index < -0.39 is 8.07 Å². The molecule has 0 bridgehead atoms. The second-order valence-electron chi connectivity index (χ2n) is 2.52. The molecule has 0 spiro atoms. The van der Waals surface area contributed by atoms with Gasteiger partial charge in [-0.2, -0.15) is 0 Å². The summed E-state index contributed by atoms with van der Waals surface area (Å²) in [6.07, 6.45) is 0. The Hall–Kier alpha value is -0.0431. The highest BCUT2D eigenvalue weighted by Gasteiger charge is 2.21. The molecule has 1 heteroatoms. The molecule has 54 valence electrons. The van der Waals surface area contributed by atoms with Crippen molar-refractivity contribution in [2.24, 2.45) is 0 Å². The highest BCUT2D eigenvalue weighted by molar-refractivity contribution is 6.84. The van der Waals surface area contributed by atoms with Gasteiger partial charge in [-0.15, -0.1) is 12.3 Å². The molecule has 0 nitrogen and oxygen atoms in total. The number of hydrogen-bond donors (Lipinski definition) is 0. The monoisotopic (exact) mass is 143 g/mol. The molecule has 0 heterocycles. The second kappa shape index (κ2) is 3.88. The van der Waals surface area contributed by atoms with Gasteiger partial charge >= 0.3 is 0 Å². The Bertz CT molecular complexity index is 108. The fraction of sp³-hybridized carbons (Fsp3) is 0.750. The van der Waals surface area contributed by atoms with Crippen LogP contribution >= 0.6 is 0 Å². The van der Waals surface area contributed by atoms with Crippen LogP contribution in [-0.4, -0.2) is 8.07 Å². The predicted molar refractivity (Wildman–Crippen MR) is 47.4 cm³/mol. The van der Waals surface area contributed by atoms with Crippen LogP contribution in [-0.2, 0) is 0 Å². The molecule has 0 saturated carbocycles. The lowest BCUT2D eigenvalue weighted by atomic mass is 10.9. The number of hydrogen-bond acceptors (Lipinski definition) is 0. The highest BCUT2D eigenvalue weighted by atomic mass is 28.3. The summed E-state index contributed by atoms with van der Waals surface area (Å²) >= 11 is 0. The first kappa shape index (κ1) is 7.07. The van der Waals surface area contributed by atoms with Crippen LogP contribution in [0.3, 0.4) is 0 Å². The van der Waals surface area contributed by atoms with Gasteiger partial charge in [0.25, 0.3) is 0 Å². The fourth-order valence-electron chi connectivity index (χ4n) is 1.12. The summed E-state index contributed by atoms with van der Waals surface area (Å²) in [5.41, 5.74) is 0.736. The van der Waals surface area contributed by atoms with E-state index in [0.29, 0.717) is 0 Å². The van der Waals surface area contributed by atoms with E-state index in [1.807, 2.05) is 0 Å². The van der Waals surface area contributed by atoms with Gasteiger partial charge in [-0.05, 0) is 0 Å². The fourth-order valence-corrected chi connectivity index (χ4v) is 3.37. The van der Waals surface area contributed by atoms with Crippen LogP contribution in [0.15, 0.2) is 12.3 Å². The van der Waals surface area contributed by atoms with Gasteiger partial charge in [0.2, 0.25) is 0 Å². The van der Waals surface area contributed by atoms with Crippen molar-refractivity contribution in [1.82, 2.24) is 0 Å². The minimum Gasteiger partial charge on any atom is -0.107 e. The Kier molecular flexibility index (Phi) is 3.05. The van der Waals surface area contributed by atoms with Crippen molar-refractivity contribution in [2.45, 2.75) is 38.9 Å². The van der Waals surface area contributed by atoms with Crippen molar-refractivity contribution in [3.8, 4) is 0 Å². The second-order valence-corrected chi connectivity index (χ2v) is 7.55. The first-order valence-corrected chi connectivity index (χ1v) is 6.41. The molecule has 0 aromatic carbocycles. The Morgan fingerprint density at radius 1 is 1.33 bits per heavy atom. The Morgan fingerprint density at radius 3 is 1.67 bits per heavy atom. The largest absolute Gasteiger partial charge is 0.107 e. The molecule has 0 atom stereocenters. The molecule has 0 amide bonds. The smallest absolute Gasteiger partial charge is 0.0762 e. The van der Waals surface area contributed by atoms with E-state index in [9.17, 15) is 0 Å². The predicted octanol–water partition coefficient (Wildman–Crippen LogP) is 3.22.